The summed E-state index contributed by atoms with van der Waals surface area (Å²) in [6, 6.07) is 10.1. The number of amidine groups is 1. The van der Waals surface area contributed by atoms with Gasteiger partial charge in [0, 0.05) is 19.7 Å². The Morgan fingerprint density at radius 1 is 1.25 bits per heavy atom. The van der Waals surface area contributed by atoms with Crippen LogP contribution in [-0.2, 0) is 9.05 Å². The van der Waals surface area contributed by atoms with Crippen LogP contribution in [0.1, 0.15) is 5.56 Å². The molecule has 0 bridgehead atoms. The average molecular weight is 238 g/mol. The normalized spacial score (nSPS) is 17.8. The topological polar surface area (TPSA) is 34.1 Å². The average Bonchev–Trinajstić information content (AvgIpc) is 2.85. The summed E-state index contributed by atoms with van der Waals surface area (Å²) in [4.78, 5) is 4.30. The zero-order valence-electron chi connectivity index (χ0n) is 9.46. The maximum atomic E-state index is 5.51. The Hall–Kier alpha value is -0.960. The molecular formula is C11H15N2O2P. The molecule has 0 unspecified atom stereocenters. The molecule has 0 amide bonds. The summed E-state index contributed by atoms with van der Waals surface area (Å²) >= 11 is 0. The van der Waals surface area contributed by atoms with Gasteiger partial charge in [-0.15, -0.1) is 0 Å². The number of hydrogen-bond donors (Lipinski definition) is 0. The first-order valence-corrected chi connectivity index (χ1v) is 6.28. The highest BCUT2D eigenvalue weighted by molar-refractivity contribution is 7.45. The van der Waals surface area contributed by atoms with E-state index in [1.807, 2.05) is 42.0 Å². The molecule has 1 aromatic carbocycles. The quantitative estimate of drug-likeness (QED) is 0.450. The highest BCUT2D eigenvalue weighted by Gasteiger charge is 2.26. The van der Waals surface area contributed by atoms with Crippen LogP contribution in [0, 0.1) is 0 Å². The van der Waals surface area contributed by atoms with E-state index >= 15 is 0 Å². The number of aliphatic imine (C=N–C) groups is 1. The lowest BCUT2D eigenvalue weighted by Crippen LogP contribution is -2.22. The van der Waals surface area contributed by atoms with Crippen LogP contribution in [0.5, 0.6) is 0 Å². The van der Waals surface area contributed by atoms with E-state index in [0.29, 0.717) is 13.2 Å². The summed E-state index contributed by atoms with van der Waals surface area (Å²) < 4.78 is 13.0. The molecule has 0 radical (unpaired) electrons. The van der Waals surface area contributed by atoms with E-state index < -0.39 is 8.53 Å². The highest BCUT2D eigenvalue weighted by Crippen LogP contribution is 2.45. The molecule has 16 heavy (non-hydrogen) atoms. The minimum Gasteiger partial charge on any atom is -0.315 e. The molecule has 0 aliphatic carbocycles. The lowest BCUT2D eigenvalue weighted by Gasteiger charge is -2.24. The van der Waals surface area contributed by atoms with Gasteiger partial charge in [0.2, 0.25) is 0 Å². The van der Waals surface area contributed by atoms with Gasteiger partial charge in [0.05, 0.1) is 13.2 Å². The zero-order chi connectivity index (χ0) is 11.4. The van der Waals surface area contributed by atoms with Crippen molar-refractivity contribution in [3.8, 4) is 0 Å². The van der Waals surface area contributed by atoms with Crippen LogP contribution in [0.3, 0.4) is 0 Å². The van der Waals surface area contributed by atoms with Crippen molar-refractivity contribution in [1.82, 2.24) is 4.67 Å². The number of benzene rings is 1. The molecule has 0 saturated carbocycles. The standard InChI is InChI=1S/C11H15N2O2P/c1-12-11(10-6-4-3-5-7-10)13(2)16-14-8-9-15-16/h3-7H,8-9H2,1-2H3. The monoisotopic (exact) mass is 238 g/mol. The third-order valence-corrected chi connectivity index (χ3v) is 3.77. The van der Waals surface area contributed by atoms with Gasteiger partial charge >= 0.3 is 0 Å². The van der Waals surface area contributed by atoms with Gasteiger partial charge in [-0.05, 0) is 0 Å². The fourth-order valence-electron chi connectivity index (χ4n) is 1.57. The Morgan fingerprint density at radius 3 is 2.44 bits per heavy atom. The zero-order valence-corrected chi connectivity index (χ0v) is 10.4. The summed E-state index contributed by atoms with van der Waals surface area (Å²) in [5.41, 5.74) is 1.08. The Labute approximate surface area is 96.9 Å². The predicted octanol–water partition coefficient (Wildman–Crippen LogP) is 2.27. The summed E-state index contributed by atoms with van der Waals surface area (Å²) in [5.74, 6) is 0.897. The first-order chi connectivity index (χ1) is 7.83. The molecule has 0 aromatic heterocycles. The Balaban J connectivity index is 2.17. The molecular weight excluding hydrogens is 223 g/mol. The molecule has 1 aromatic rings. The van der Waals surface area contributed by atoms with E-state index in [1.54, 1.807) is 7.05 Å². The van der Waals surface area contributed by atoms with E-state index in [1.165, 1.54) is 0 Å². The second-order valence-corrected chi connectivity index (χ2v) is 4.93. The van der Waals surface area contributed by atoms with E-state index in [2.05, 4.69) is 4.99 Å². The van der Waals surface area contributed by atoms with Crippen LogP contribution in [0.25, 0.3) is 0 Å². The molecule has 0 spiro atoms. The Kier molecular flexibility index (Phi) is 3.88. The van der Waals surface area contributed by atoms with E-state index in [9.17, 15) is 0 Å². The lowest BCUT2D eigenvalue weighted by atomic mass is 10.2. The molecule has 4 nitrogen and oxygen atoms in total. The van der Waals surface area contributed by atoms with Crippen LogP contribution in [0.2, 0.25) is 0 Å². The summed E-state index contributed by atoms with van der Waals surface area (Å²) in [6.07, 6.45) is 0. The fourth-order valence-corrected chi connectivity index (χ4v) is 2.81. The third-order valence-electron chi connectivity index (χ3n) is 2.28. The highest BCUT2D eigenvalue weighted by atomic mass is 31.2. The predicted molar refractivity (Wildman–Crippen MR) is 65.5 cm³/mol. The molecule has 1 saturated heterocycles. The molecule has 86 valence electrons. The fraction of sp³-hybridized carbons (Fsp3) is 0.364. The number of rotatable bonds is 2. The SMILES string of the molecule is CN=C(c1ccccc1)N(C)P1OCCO1. The Morgan fingerprint density at radius 2 is 1.88 bits per heavy atom. The van der Waals surface area contributed by atoms with Crippen molar-refractivity contribution in [3.05, 3.63) is 35.9 Å². The van der Waals surface area contributed by atoms with Crippen molar-refractivity contribution in [1.29, 1.82) is 0 Å². The van der Waals surface area contributed by atoms with Gasteiger partial charge < -0.3 is 9.05 Å². The largest absolute Gasteiger partial charge is 0.315 e. The molecule has 1 aliphatic rings. The molecule has 1 heterocycles. The second kappa shape index (κ2) is 5.39. The first-order valence-electron chi connectivity index (χ1n) is 5.14. The molecule has 2 rings (SSSR count). The van der Waals surface area contributed by atoms with Crippen molar-refractivity contribution < 1.29 is 9.05 Å². The van der Waals surface area contributed by atoms with Crippen LogP contribution in [0.15, 0.2) is 35.3 Å². The molecule has 1 fully saturated rings. The lowest BCUT2D eigenvalue weighted by molar-refractivity contribution is 0.365. The van der Waals surface area contributed by atoms with Gasteiger partial charge in [-0.2, -0.15) is 0 Å². The van der Waals surface area contributed by atoms with E-state index in [0.717, 1.165) is 11.4 Å². The van der Waals surface area contributed by atoms with E-state index in [4.69, 9.17) is 9.05 Å². The van der Waals surface area contributed by atoms with Crippen molar-refractivity contribution in [2.45, 2.75) is 0 Å². The first kappa shape index (κ1) is 11.5. The van der Waals surface area contributed by atoms with Crippen molar-refractivity contribution in [3.63, 3.8) is 0 Å². The van der Waals surface area contributed by atoms with Gasteiger partial charge in [-0.25, -0.2) is 0 Å². The number of nitrogens with zero attached hydrogens (tertiary/aromatic N) is 2. The third kappa shape index (κ3) is 2.40. The van der Waals surface area contributed by atoms with Gasteiger partial charge in [-0.1, -0.05) is 30.3 Å². The maximum Gasteiger partial charge on any atom is 0.291 e. The second-order valence-electron chi connectivity index (χ2n) is 3.34. The molecule has 0 atom stereocenters. The smallest absolute Gasteiger partial charge is 0.291 e. The van der Waals surface area contributed by atoms with Crippen molar-refractivity contribution >= 4 is 14.4 Å². The molecule has 1 aliphatic heterocycles. The van der Waals surface area contributed by atoms with E-state index in [-0.39, 0.29) is 0 Å². The van der Waals surface area contributed by atoms with Gasteiger partial charge in [0.25, 0.3) is 8.53 Å². The van der Waals surface area contributed by atoms with Gasteiger partial charge in [0.15, 0.2) is 0 Å². The Bertz CT molecular complexity index is 364. The summed E-state index contributed by atoms with van der Waals surface area (Å²) in [5, 5.41) is 0. The summed E-state index contributed by atoms with van der Waals surface area (Å²) in [6.45, 7) is 1.34. The molecule has 0 N–H and O–H groups in total. The maximum absolute atomic E-state index is 5.51. The van der Waals surface area contributed by atoms with Crippen LogP contribution >= 0.6 is 8.53 Å². The van der Waals surface area contributed by atoms with Gasteiger partial charge in [0.1, 0.15) is 5.84 Å². The van der Waals surface area contributed by atoms with Crippen LogP contribution < -0.4 is 0 Å². The minimum absolute atomic E-state index is 0.668. The van der Waals surface area contributed by atoms with Crippen LogP contribution in [0.4, 0.5) is 0 Å². The van der Waals surface area contributed by atoms with Gasteiger partial charge in [-0.3, -0.25) is 9.66 Å². The van der Waals surface area contributed by atoms with Crippen LogP contribution in [-0.4, -0.2) is 37.8 Å². The molecule has 5 heteroatoms. The summed E-state index contributed by atoms with van der Waals surface area (Å²) in [7, 11) is 2.76. The number of hydrogen-bond acceptors (Lipinski definition) is 3. The van der Waals surface area contributed by atoms with Crippen molar-refractivity contribution in [2.24, 2.45) is 4.99 Å². The minimum atomic E-state index is -0.973. The van der Waals surface area contributed by atoms with Crippen molar-refractivity contribution in [2.75, 3.05) is 27.3 Å².